The lowest BCUT2D eigenvalue weighted by molar-refractivity contribution is -0.116. The van der Waals surface area contributed by atoms with Crippen molar-refractivity contribution in [3.05, 3.63) is 57.8 Å². The molecule has 2 aromatic rings. The third-order valence-electron chi connectivity index (χ3n) is 3.31. The van der Waals surface area contributed by atoms with Crippen LogP contribution in [-0.2, 0) is 16.1 Å². The topological polar surface area (TPSA) is 90.3 Å². The molecular weight excluding hydrogens is 310 g/mol. The fourth-order valence-electron chi connectivity index (χ4n) is 2.20. The molecule has 0 saturated heterocycles. The Morgan fingerprint density at radius 3 is 2.46 bits per heavy atom. The van der Waals surface area contributed by atoms with Crippen molar-refractivity contribution >= 4 is 17.6 Å². The van der Waals surface area contributed by atoms with Crippen LogP contribution in [0.25, 0.3) is 0 Å². The molecule has 0 unspecified atom stereocenters. The average Bonchev–Trinajstić information content (AvgIpc) is 2.52. The van der Waals surface area contributed by atoms with E-state index >= 15 is 0 Å². The van der Waals surface area contributed by atoms with E-state index in [0.29, 0.717) is 29.4 Å². The Hall–Kier alpha value is -2.96. The van der Waals surface area contributed by atoms with Gasteiger partial charge in [0.05, 0.1) is 12.2 Å². The summed E-state index contributed by atoms with van der Waals surface area (Å²) < 4.78 is 6.19. The first-order valence-electron chi connectivity index (χ1n) is 7.53. The van der Waals surface area contributed by atoms with Gasteiger partial charge in [-0.05, 0) is 45.0 Å². The van der Waals surface area contributed by atoms with E-state index in [0.717, 1.165) is 0 Å². The predicted molar refractivity (Wildman–Crippen MR) is 89.0 cm³/mol. The largest absolute Gasteiger partial charge is 0.462 e. The standard InChI is InChI=1S/C17H19N3O4/c1-4-24-17(23)13-5-7-14(8-6-13)19-15(21)10-20-12(3)18-11(2)9-16(20)22/h5-9H,4,10H2,1-3H3,(H,19,21). The van der Waals surface area contributed by atoms with Crippen LogP contribution in [0.1, 0.15) is 28.8 Å². The van der Waals surface area contributed by atoms with Crippen molar-refractivity contribution in [1.29, 1.82) is 0 Å². The third kappa shape index (κ3) is 4.28. The molecule has 0 aliphatic heterocycles. The second-order valence-corrected chi connectivity index (χ2v) is 5.22. The van der Waals surface area contributed by atoms with Crippen LogP contribution < -0.4 is 10.9 Å². The number of nitrogens with zero attached hydrogens (tertiary/aromatic N) is 2. The number of aryl methyl sites for hydroxylation is 2. The fraction of sp³-hybridized carbons (Fsp3) is 0.294. The lowest BCUT2D eigenvalue weighted by Gasteiger charge is -2.10. The molecule has 1 aromatic carbocycles. The molecule has 0 atom stereocenters. The highest BCUT2D eigenvalue weighted by molar-refractivity contribution is 5.93. The molecule has 1 aromatic heterocycles. The predicted octanol–water partition coefficient (Wildman–Crippen LogP) is 1.68. The third-order valence-corrected chi connectivity index (χ3v) is 3.31. The number of benzene rings is 1. The zero-order valence-corrected chi connectivity index (χ0v) is 13.8. The van der Waals surface area contributed by atoms with Crippen molar-refractivity contribution in [1.82, 2.24) is 9.55 Å². The molecule has 7 nitrogen and oxygen atoms in total. The number of carbonyl (C=O) groups excluding carboxylic acids is 2. The van der Waals surface area contributed by atoms with Gasteiger partial charge in [0.1, 0.15) is 12.4 Å². The van der Waals surface area contributed by atoms with E-state index in [9.17, 15) is 14.4 Å². The van der Waals surface area contributed by atoms with Gasteiger partial charge in [0.15, 0.2) is 0 Å². The van der Waals surface area contributed by atoms with E-state index in [4.69, 9.17) is 4.74 Å². The zero-order valence-electron chi connectivity index (χ0n) is 13.8. The Morgan fingerprint density at radius 2 is 1.88 bits per heavy atom. The second kappa shape index (κ2) is 7.54. The Bertz CT molecular complexity index is 810. The normalized spacial score (nSPS) is 10.3. The van der Waals surface area contributed by atoms with Gasteiger partial charge in [0.2, 0.25) is 5.91 Å². The van der Waals surface area contributed by atoms with Crippen LogP contribution in [0.4, 0.5) is 5.69 Å². The van der Waals surface area contributed by atoms with Crippen LogP contribution in [0.3, 0.4) is 0 Å². The maximum atomic E-state index is 12.1. The van der Waals surface area contributed by atoms with Gasteiger partial charge >= 0.3 is 5.97 Å². The maximum absolute atomic E-state index is 12.1. The number of carbonyl (C=O) groups is 2. The SMILES string of the molecule is CCOC(=O)c1ccc(NC(=O)Cn2c(C)nc(C)cc2=O)cc1. The summed E-state index contributed by atoms with van der Waals surface area (Å²) in [6.45, 7) is 5.31. The molecule has 2 rings (SSSR count). The Labute approximate surface area is 139 Å². The molecule has 1 amide bonds. The number of rotatable bonds is 5. The summed E-state index contributed by atoms with van der Waals surface area (Å²) in [4.78, 5) is 39.8. The van der Waals surface area contributed by atoms with Crippen LogP contribution in [-0.4, -0.2) is 28.0 Å². The number of nitrogens with one attached hydrogen (secondary N) is 1. The van der Waals surface area contributed by atoms with Crippen molar-refractivity contribution in [2.45, 2.75) is 27.3 Å². The van der Waals surface area contributed by atoms with Crippen LogP contribution in [0.15, 0.2) is 35.1 Å². The van der Waals surface area contributed by atoms with E-state index in [1.807, 2.05) is 0 Å². The molecule has 1 N–H and O–H groups in total. The Morgan fingerprint density at radius 1 is 1.21 bits per heavy atom. The Balaban J connectivity index is 2.05. The monoisotopic (exact) mass is 329 g/mol. The number of ether oxygens (including phenoxy) is 1. The van der Waals surface area contributed by atoms with Crippen molar-refractivity contribution in [3.63, 3.8) is 0 Å². The minimum Gasteiger partial charge on any atom is -0.462 e. The van der Waals surface area contributed by atoms with Crippen molar-refractivity contribution in [2.75, 3.05) is 11.9 Å². The van der Waals surface area contributed by atoms with E-state index in [1.165, 1.54) is 10.6 Å². The molecule has 0 fully saturated rings. The zero-order chi connectivity index (χ0) is 17.7. The summed E-state index contributed by atoms with van der Waals surface area (Å²) in [6, 6.07) is 7.73. The van der Waals surface area contributed by atoms with Gasteiger partial charge in [-0.1, -0.05) is 0 Å². The minimum atomic E-state index is -0.414. The van der Waals surface area contributed by atoms with Crippen molar-refractivity contribution in [2.24, 2.45) is 0 Å². The van der Waals surface area contributed by atoms with Gasteiger partial charge in [0, 0.05) is 17.4 Å². The van der Waals surface area contributed by atoms with E-state index < -0.39 is 5.97 Å². The average molecular weight is 329 g/mol. The van der Waals surface area contributed by atoms with Crippen LogP contribution in [0.5, 0.6) is 0 Å². The first-order valence-corrected chi connectivity index (χ1v) is 7.53. The first-order chi connectivity index (χ1) is 11.4. The van der Waals surface area contributed by atoms with Gasteiger partial charge in [0.25, 0.3) is 5.56 Å². The van der Waals surface area contributed by atoms with Crippen LogP contribution in [0, 0.1) is 13.8 Å². The second-order valence-electron chi connectivity index (χ2n) is 5.22. The van der Waals surface area contributed by atoms with E-state index in [2.05, 4.69) is 10.3 Å². The van der Waals surface area contributed by atoms with Gasteiger partial charge in [-0.3, -0.25) is 14.2 Å². The first kappa shape index (κ1) is 17.4. The maximum Gasteiger partial charge on any atom is 0.338 e. The van der Waals surface area contributed by atoms with Crippen molar-refractivity contribution in [3.8, 4) is 0 Å². The molecule has 126 valence electrons. The smallest absolute Gasteiger partial charge is 0.338 e. The number of amides is 1. The van der Waals surface area contributed by atoms with Gasteiger partial charge in [-0.2, -0.15) is 0 Å². The summed E-state index contributed by atoms with van der Waals surface area (Å²) in [5.41, 5.74) is 1.28. The number of hydrogen-bond acceptors (Lipinski definition) is 5. The molecule has 0 aliphatic rings. The Kier molecular flexibility index (Phi) is 5.47. The lowest BCUT2D eigenvalue weighted by atomic mass is 10.2. The van der Waals surface area contributed by atoms with Gasteiger partial charge in [-0.15, -0.1) is 0 Å². The summed E-state index contributed by atoms with van der Waals surface area (Å²) >= 11 is 0. The molecule has 1 heterocycles. The van der Waals surface area contributed by atoms with Crippen molar-refractivity contribution < 1.29 is 14.3 Å². The van der Waals surface area contributed by atoms with Crippen LogP contribution >= 0.6 is 0 Å². The van der Waals surface area contributed by atoms with E-state index in [1.54, 1.807) is 45.0 Å². The highest BCUT2D eigenvalue weighted by atomic mass is 16.5. The quantitative estimate of drug-likeness (QED) is 0.843. The molecule has 0 radical (unpaired) electrons. The number of hydrogen-bond donors (Lipinski definition) is 1. The number of esters is 1. The molecule has 0 bridgehead atoms. The highest BCUT2D eigenvalue weighted by Crippen LogP contribution is 2.11. The highest BCUT2D eigenvalue weighted by Gasteiger charge is 2.10. The minimum absolute atomic E-state index is 0.127. The summed E-state index contributed by atoms with van der Waals surface area (Å²) in [7, 11) is 0. The molecule has 7 heteroatoms. The summed E-state index contributed by atoms with van der Waals surface area (Å²) in [5.74, 6) is -0.286. The summed E-state index contributed by atoms with van der Waals surface area (Å²) in [5, 5.41) is 2.68. The van der Waals surface area contributed by atoms with Gasteiger partial charge < -0.3 is 10.1 Å². The summed E-state index contributed by atoms with van der Waals surface area (Å²) in [6.07, 6.45) is 0. The lowest BCUT2D eigenvalue weighted by Crippen LogP contribution is -2.30. The van der Waals surface area contributed by atoms with Crippen LogP contribution in [0.2, 0.25) is 0 Å². The van der Waals surface area contributed by atoms with Gasteiger partial charge in [-0.25, -0.2) is 9.78 Å². The molecule has 0 spiro atoms. The molecular formula is C17H19N3O4. The molecule has 0 saturated carbocycles. The van der Waals surface area contributed by atoms with E-state index in [-0.39, 0.29) is 18.0 Å². The number of anilines is 1. The molecule has 0 aliphatic carbocycles. The number of aromatic nitrogens is 2. The fourth-order valence-corrected chi connectivity index (χ4v) is 2.20. The molecule has 24 heavy (non-hydrogen) atoms.